The Morgan fingerprint density at radius 3 is 2.78 bits per heavy atom. The van der Waals surface area contributed by atoms with Crippen molar-refractivity contribution in [2.45, 2.75) is 44.7 Å². The van der Waals surface area contributed by atoms with Crippen LogP contribution in [0.3, 0.4) is 0 Å². The lowest BCUT2D eigenvalue weighted by molar-refractivity contribution is -0.132. The molecule has 0 atom stereocenters. The van der Waals surface area contributed by atoms with Crippen molar-refractivity contribution in [1.82, 2.24) is 19.7 Å². The van der Waals surface area contributed by atoms with Gasteiger partial charge in [-0.15, -0.1) is 0 Å². The van der Waals surface area contributed by atoms with Gasteiger partial charge in [0.15, 0.2) is 0 Å². The van der Waals surface area contributed by atoms with Gasteiger partial charge in [0.05, 0.1) is 6.54 Å². The van der Waals surface area contributed by atoms with Crippen LogP contribution in [0.2, 0.25) is 0 Å². The standard InChI is InChI=1S/C22H30N4O/c27-22(26-11-4-10-25(13-14-26)17-5-3-6-17)16-24-12-9-19-18-7-1-2-8-20(18)23-21(19)15-24/h1-2,7-8,17,23H,3-6,9-16H2. The zero-order valence-electron chi connectivity index (χ0n) is 16.1. The Morgan fingerprint density at radius 1 is 1.04 bits per heavy atom. The number of rotatable bonds is 3. The molecule has 2 aliphatic heterocycles. The van der Waals surface area contributed by atoms with Crippen molar-refractivity contribution in [2.75, 3.05) is 39.3 Å². The number of nitrogens with zero attached hydrogens (tertiary/aromatic N) is 3. The summed E-state index contributed by atoms with van der Waals surface area (Å²) in [4.78, 5) is 23.5. The third-order valence-corrected chi connectivity index (χ3v) is 6.79. The first-order chi connectivity index (χ1) is 13.3. The molecule has 1 aromatic carbocycles. The number of hydrogen-bond acceptors (Lipinski definition) is 3. The van der Waals surface area contributed by atoms with Crippen LogP contribution in [0.25, 0.3) is 10.9 Å². The SMILES string of the molecule is O=C(CN1CCc2c([nH]c3ccccc23)C1)N1CCCN(C2CCC2)CC1. The summed E-state index contributed by atoms with van der Waals surface area (Å²) in [5.41, 5.74) is 3.96. The third kappa shape index (κ3) is 3.39. The minimum absolute atomic E-state index is 0.310. The number of benzene rings is 1. The van der Waals surface area contributed by atoms with Crippen molar-refractivity contribution in [3.05, 3.63) is 35.5 Å². The number of aromatic nitrogens is 1. The van der Waals surface area contributed by atoms with Crippen LogP contribution in [0.4, 0.5) is 0 Å². The highest BCUT2D eigenvalue weighted by Crippen LogP contribution is 2.28. The van der Waals surface area contributed by atoms with E-state index in [-0.39, 0.29) is 0 Å². The molecule has 1 N–H and O–H groups in total. The molecule has 0 bridgehead atoms. The van der Waals surface area contributed by atoms with E-state index in [1.807, 2.05) is 0 Å². The summed E-state index contributed by atoms with van der Waals surface area (Å²) in [5, 5.41) is 1.35. The van der Waals surface area contributed by atoms with Crippen LogP contribution in [-0.4, -0.2) is 70.9 Å². The summed E-state index contributed by atoms with van der Waals surface area (Å²) >= 11 is 0. The topological polar surface area (TPSA) is 42.6 Å². The summed E-state index contributed by atoms with van der Waals surface area (Å²) in [7, 11) is 0. The number of aromatic amines is 1. The van der Waals surface area contributed by atoms with Crippen LogP contribution in [-0.2, 0) is 17.8 Å². The molecular weight excluding hydrogens is 336 g/mol. The lowest BCUT2D eigenvalue weighted by Crippen LogP contribution is -2.45. The molecule has 0 spiro atoms. The van der Waals surface area contributed by atoms with Gasteiger partial charge >= 0.3 is 0 Å². The molecule has 2 aromatic rings. The molecular formula is C22H30N4O. The van der Waals surface area contributed by atoms with E-state index in [2.05, 4.69) is 43.9 Å². The smallest absolute Gasteiger partial charge is 0.236 e. The van der Waals surface area contributed by atoms with Gasteiger partial charge in [-0.25, -0.2) is 0 Å². The fourth-order valence-electron chi connectivity index (χ4n) is 4.98. The van der Waals surface area contributed by atoms with Gasteiger partial charge in [-0.3, -0.25) is 14.6 Å². The third-order valence-electron chi connectivity index (χ3n) is 6.79. The van der Waals surface area contributed by atoms with Crippen LogP contribution in [0, 0.1) is 0 Å². The van der Waals surface area contributed by atoms with Crippen LogP contribution in [0.5, 0.6) is 0 Å². The molecule has 5 rings (SSSR count). The molecule has 0 unspecified atom stereocenters. The Morgan fingerprint density at radius 2 is 1.93 bits per heavy atom. The van der Waals surface area contributed by atoms with E-state index in [1.54, 1.807) is 0 Å². The van der Waals surface area contributed by atoms with Crippen molar-refractivity contribution in [3.63, 3.8) is 0 Å². The van der Waals surface area contributed by atoms with Crippen LogP contribution < -0.4 is 0 Å². The van der Waals surface area contributed by atoms with Crippen molar-refractivity contribution in [1.29, 1.82) is 0 Å². The first kappa shape index (κ1) is 17.3. The first-order valence-electron chi connectivity index (χ1n) is 10.6. The molecule has 5 nitrogen and oxygen atoms in total. The predicted octanol–water partition coefficient (Wildman–Crippen LogP) is 2.61. The highest BCUT2D eigenvalue weighted by Gasteiger charge is 2.29. The predicted molar refractivity (Wildman–Crippen MR) is 108 cm³/mol. The Balaban J connectivity index is 1.20. The number of amides is 1. The van der Waals surface area contributed by atoms with Gasteiger partial charge < -0.3 is 9.88 Å². The summed E-state index contributed by atoms with van der Waals surface area (Å²) in [6.45, 7) is 6.44. The van der Waals surface area contributed by atoms with E-state index in [4.69, 9.17) is 0 Å². The lowest BCUT2D eigenvalue weighted by atomic mass is 9.91. The van der Waals surface area contributed by atoms with Crippen LogP contribution in [0.15, 0.2) is 24.3 Å². The maximum atomic E-state index is 12.9. The molecule has 144 valence electrons. The van der Waals surface area contributed by atoms with Gasteiger partial charge in [-0.2, -0.15) is 0 Å². The van der Waals surface area contributed by atoms with Gasteiger partial charge in [0.2, 0.25) is 5.91 Å². The zero-order chi connectivity index (χ0) is 18.2. The second-order valence-electron chi connectivity index (χ2n) is 8.44. The number of fused-ring (bicyclic) bond motifs is 3. The Hall–Kier alpha value is -1.85. The van der Waals surface area contributed by atoms with Gasteiger partial charge in [-0.05, 0) is 37.3 Å². The van der Waals surface area contributed by atoms with E-state index in [0.717, 1.165) is 58.2 Å². The number of H-pyrrole nitrogens is 1. The average molecular weight is 367 g/mol. The van der Waals surface area contributed by atoms with E-state index in [9.17, 15) is 4.79 Å². The summed E-state index contributed by atoms with van der Waals surface area (Å²) in [6, 6.07) is 9.34. The van der Waals surface area contributed by atoms with Gasteiger partial charge in [0.25, 0.3) is 0 Å². The van der Waals surface area contributed by atoms with Crippen LogP contribution in [0.1, 0.15) is 36.9 Å². The molecule has 1 saturated carbocycles. The fraction of sp³-hybridized carbons (Fsp3) is 0.591. The molecule has 1 saturated heterocycles. The summed E-state index contributed by atoms with van der Waals surface area (Å²) < 4.78 is 0. The Kier molecular flexibility index (Phi) is 4.66. The van der Waals surface area contributed by atoms with Gasteiger partial charge in [-0.1, -0.05) is 24.6 Å². The lowest BCUT2D eigenvalue weighted by Gasteiger charge is -2.36. The van der Waals surface area contributed by atoms with Crippen molar-refractivity contribution in [2.24, 2.45) is 0 Å². The molecule has 1 aliphatic carbocycles. The highest BCUT2D eigenvalue weighted by molar-refractivity contribution is 5.85. The quantitative estimate of drug-likeness (QED) is 0.908. The number of para-hydroxylation sites is 1. The van der Waals surface area contributed by atoms with E-state index < -0.39 is 0 Å². The van der Waals surface area contributed by atoms with E-state index >= 15 is 0 Å². The zero-order valence-corrected chi connectivity index (χ0v) is 16.1. The Labute approximate surface area is 161 Å². The van der Waals surface area contributed by atoms with Crippen molar-refractivity contribution in [3.8, 4) is 0 Å². The molecule has 3 heterocycles. The summed E-state index contributed by atoms with van der Waals surface area (Å²) in [6.07, 6.45) is 6.24. The largest absolute Gasteiger partial charge is 0.357 e. The highest BCUT2D eigenvalue weighted by atomic mass is 16.2. The monoisotopic (exact) mass is 366 g/mol. The Bertz CT molecular complexity index is 825. The molecule has 5 heteroatoms. The fourth-order valence-corrected chi connectivity index (χ4v) is 4.98. The van der Waals surface area contributed by atoms with Crippen LogP contribution >= 0.6 is 0 Å². The van der Waals surface area contributed by atoms with Gasteiger partial charge in [0, 0.05) is 61.9 Å². The second kappa shape index (κ2) is 7.28. The molecule has 1 amide bonds. The number of carbonyl (C=O) groups excluding carboxylic acids is 1. The van der Waals surface area contributed by atoms with Gasteiger partial charge in [0.1, 0.15) is 0 Å². The molecule has 1 aromatic heterocycles. The number of nitrogens with one attached hydrogen (secondary N) is 1. The minimum atomic E-state index is 0.310. The molecule has 2 fully saturated rings. The maximum Gasteiger partial charge on any atom is 0.236 e. The average Bonchev–Trinajstić information content (AvgIpc) is 2.82. The van der Waals surface area contributed by atoms with Crippen molar-refractivity contribution >= 4 is 16.8 Å². The normalized spacial score (nSPS) is 22.4. The molecule has 27 heavy (non-hydrogen) atoms. The molecule has 3 aliphatic rings. The second-order valence-corrected chi connectivity index (χ2v) is 8.44. The molecule has 0 radical (unpaired) electrons. The van der Waals surface area contributed by atoms with E-state index in [0.29, 0.717) is 12.5 Å². The number of carbonyl (C=O) groups is 1. The van der Waals surface area contributed by atoms with Crippen molar-refractivity contribution < 1.29 is 4.79 Å². The minimum Gasteiger partial charge on any atom is -0.357 e. The summed E-state index contributed by atoms with van der Waals surface area (Å²) in [5.74, 6) is 0.310. The van der Waals surface area contributed by atoms with E-state index in [1.165, 1.54) is 41.4 Å². The number of hydrogen-bond donors (Lipinski definition) is 1. The first-order valence-corrected chi connectivity index (χ1v) is 10.6. The maximum absolute atomic E-state index is 12.9.